The average molecular weight is 483 g/mol. The largest absolute Gasteiger partial charge is 0.273 e. The van der Waals surface area contributed by atoms with Crippen LogP contribution in [0.4, 0.5) is 0 Å². The molecule has 0 bridgehead atoms. The lowest BCUT2D eigenvalue weighted by Crippen LogP contribution is -2.47. The van der Waals surface area contributed by atoms with Crippen molar-refractivity contribution in [2.45, 2.75) is 32.9 Å². The lowest BCUT2D eigenvalue weighted by Gasteiger charge is -2.26. The standard InChI is InChI=1S/C24H22N2O5S2/c27-21-16-17-25-22(18-10-4-1-5-11-18)23(32(28,29)19-12-6-2-7-13-19)24(26(21)25)33(30,31)20-14-8-3-9-15-20/h1-15,22-24H,16-17H2. The predicted molar refractivity (Wildman–Crippen MR) is 122 cm³/mol. The van der Waals surface area contributed by atoms with Crippen molar-refractivity contribution in [2.75, 3.05) is 6.54 Å². The molecule has 0 N–H and O–H groups in total. The van der Waals surface area contributed by atoms with Gasteiger partial charge in [0.05, 0.1) is 15.8 Å². The van der Waals surface area contributed by atoms with Crippen molar-refractivity contribution in [2.24, 2.45) is 0 Å². The average Bonchev–Trinajstić information content (AvgIpc) is 3.39. The highest BCUT2D eigenvalue weighted by Crippen LogP contribution is 2.47. The third kappa shape index (κ3) is 3.47. The minimum absolute atomic E-state index is 0.0170. The highest BCUT2D eigenvalue weighted by molar-refractivity contribution is 7.96. The lowest BCUT2D eigenvalue weighted by molar-refractivity contribution is -0.136. The number of sulfone groups is 2. The van der Waals surface area contributed by atoms with Crippen LogP contribution < -0.4 is 0 Å². The number of hydrazine groups is 1. The summed E-state index contributed by atoms with van der Waals surface area (Å²) in [6, 6.07) is 23.6. The number of amides is 1. The number of carbonyl (C=O) groups is 1. The van der Waals surface area contributed by atoms with E-state index in [9.17, 15) is 21.6 Å². The lowest BCUT2D eigenvalue weighted by atomic mass is 10.0. The highest BCUT2D eigenvalue weighted by Gasteiger charge is 2.62. The fourth-order valence-corrected chi connectivity index (χ4v) is 9.37. The van der Waals surface area contributed by atoms with Crippen molar-refractivity contribution in [3.05, 3.63) is 96.6 Å². The normalized spacial score (nSPS) is 23.6. The van der Waals surface area contributed by atoms with Crippen LogP contribution in [-0.2, 0) is 24.5 Å². The summed E-state index contributed by atoms with van der Waals surface area (Å²) in [7, 11) is -8.38. The minimum Gasteiger partial charge on any atom is -0.273 e. The molecule has 2 saturated heterocycles. The van der Waals surface area contributed by atoms with Gasteiger partial charge in [0, 0.05) is 13.0 Å². The molecule has 0 aliphatic carbocycles. The van der Waals surface area contributed by atoms with E-state index in [2.05, 4.69) is 0 Å². The van der Waals surface area contributed by atoms with Gasteiger partial charge in [-0.3, -0.25) is 9.80 Å². The van der Waals surface area contributed by atoms with E-state index in [1.807, 2.05) is 6.07 Å². The number of fused-ring (bicyclic) bond motifs is 1. The fourth-order valence-electron chi connectivity index (χ4n) is 4.76. The van der Waals surface area contributed by atoms with Gasteiger partial charge in [-0.25, -0.2) is 21.8 Å². The molecule has 0 saturated carbocycles. The Labute approximate surface area is 193 Å². The van der Waals surface area contributed by atoms with E-state index in [4.69, 9.17) is 0 Å². The molecule has 1 amide bonds. The summed E-state index contributed by atoms with van der Waals surface area (Å²) >= 11 is 0. The Morgan fingerprint density at radius 3 is 1.70 bits per heavy atom. The second-order valence-corrected chi connectivity index (χ2v) is 12.2. The summed E-state index contributed by atoms with van der Waals surface area (Å²) in [5.41, 5.74) is 0.646. The van der Waals surface area contributed by atoms with E-state index in [1.54, 1.807) is 65.7 Å². The maximum Gasteiger partial charge on any atom is 0.239 e. The minimum atomic E-state index is -4.22. The van der Waals surface area contributed by atoms with Gasteiger partial charge < -0.3 is 0 Å². The first-order chi connectivity index (χ1) is 15.8. The molecule has 0 spiro atoms. The Balaban J connectivity index is 1.77. The zero-order chi connectivity index (χ0) is 23.2. The molecule has 2 aliphatic rings. The first kappa shape index (κ1) is 21.8. The summed E-state index contributed by atoms with van der Waals surface area (Å²) in [5, 5.41) is -0.193. The first-order valence-corrected chi connectivity index (χ1v) is 13.6. The molecule has 0 radical (unpaired) electrons. The van der Waals surface area contributed by atoms with Crippen LogP contribution in [0.1, 0.15) is 18.0 Å². The molecule has 33 heavy (non-hydrogen) atoms. The van der Waals surface area contributed by atoms with Gasteiger partial charge in [0.25, 0.3) is 0 Å². The van der Waals surface area contributed by atoms with Crippen molar-refractivity contribution in [1.29, 1.82) is 0 Å². The van der Waals surface area contributed by atoms with Crippen molar-refractivity contribution in [3.63, 3.8) is 0 Å². The fraction of sp³-hybridized carbons (Fsp3) is 0.208. The molecule has 3 aromatic carbocycles. The number of carbonyl (C=O) groups excluding carboxylic acids is 1. The molecule has 7 nitrogen and oxygen atoms in total. The van der Waals surface area contributed by atoms with E-state index in [0.717, 1.165) is 0 Å². The summed E-state index contributed by atoms with van der Waals surface area (Å²) in [5.74, 6) is -0.397. The second-order valence-electron chi connectivity index (χ2n) is 8.08. The number of nitrogens with zero attached hydrogens (tertiary/aromatic N) is 2. The zero-order valence-electron chi connectivity index (χ0n) is 17.6. The van der Waals surface area contributed by atoms with Crippen LogP contribution in [-0.4, -0.2) is 49.9 Å². The van der Waals surface area contributed by atoms with Crippen LogP contribution in [0, 0.1) is 0 Å². The van der Waals surface area contributed by atoms with Crippen LogP contribution in [0.2, 0.25) is 0 Å². The van der Waals surface area contributed by atoms with Crippen LogP contribution in [0.15, 0.2) is 101 Å². The predicted octanol–water partition coefficient (Wildman–Crippen LogP) is 2.83. The SMILES string of the molecule is O=C1CCN2C(c3ccccc3)C(S(=O)(=O)c3ccccc3)C(S(=O)(=O)c3ccccc3)N12. The van der Waals surface area contributed by atoms with Crippen molar-refractivity contribution in [1.82, 2.24) is 10.0 Å². The van der Waals surface area contributed by atoms with Gasteiger partial charge in [-0.2, -0.15) is 0 Å². The van der Waals surface area contributed by atoms with Gasteiger partial charge in [0.1, 0.15) is 5.25 Å². The smallest absolute Gasteiger partial charge is 0.239 e. The third-order valence-corrected chi connectivity index (χ3v) is 10.6. The monoisotopic (exact) mass is 482 g/mol. The number of benzene rings is 3. The quantitative estimate of drug-likeness (QED) is 0.555. The van der Waals surface area contributed by atoms with Crippen LogP contribution in [0.25, 0.3) is 0 Å². The molecule has 170 valence electrons. The van der Waals surface area contributed by atoms with Crippen LogP contribution in [0.3, 0.4) is 0 Å². The van der Waals surface area contributed by atoms with Crippen LogP contribution >= 0.6 is 0 Å². The molecule has 3 unspecified atom stereocenters. The molecule has 2 heterocycles. The summed E-state index contributed by atoms with van der Waals surface area (Å²) in [6.07, 6.45) is 0.127. The molecule has 0 aromatic heterocycles. The Morgan fingerprint density at radius 2 is 1.15 bits per heavy atom. The number of hydrogen-bond acceptors (Lipinski definition) is 6. The molecule has 2 fully saturated rings. The molecule has 9 heteroatoms. The molecule has 2 aliphatic heterocycles. The van der Waals surface area contributed by atoms with E-state index in [1.165, 1.54) is 29.3 Å². The molecule has 5 rings (SSSR count). The first-order valence-electron chi connectivity index (χ1n) is 10.5. The van der Waals surface area contributed by atoms with E-state index in [-0.39, 0.29) is 22.8 Å². The Morgan fingerprint density at radius 1 is 0.667 bits per heavy atom. The van der Waals surface area contributed by atoms with Gasteiger partial charge in [-0.05, 0) is 29.8 Å². The highest BCUT2D eigenvalue weighted by atomic mass is 32.2. The van der Waals surface area contributed by atoms with Crippen molar-refractivity contribution >= 4 is 25.6 Å². The van der Waals surface area contributed by atoms with Crippen molar-refractivity contribution < 1.29 is 21.6 Å². The Bertz CT molecular complexity index is 1380. The molecule has 3 atom stereocenters. The maximum absolute atomic E-state index is 14.0. The van der Waals surface area contributed by atoms with E-state index >= 15 is 0 Å². The number of rotatable bonds is 5. The third-order valence-electron chi connectivity index (χ3n) is 6.20. The molecular formula is C24H22N2O5S2. The Kier molecular flexibility index (Phi) is 5.35. The summed E-state index contributed by atoms with van der Waals surface area (Å²) in [4.78, 5) is 13.0. The summed E-state index contributed by atoms with van der Waals surface area (Å²) < 4.78 is 55.8. The second kappa shape index (κ2) is 8.09. The van der Waals surface area contributed by atoms with Crippen molar-refractivity contribution in [3.8, 4) is 0 Å². The van der Waals surface area contributed by atoms with Gasteiger partial charge in [0.2, 0.25) is 15.7 Å². The molecular weight excluding hydrogens is 460 g/mol. The number of hydrogen-bond donors (Lipinski definition) is 0. The van der Waals surface area contributed by atoms with E-state index in [0.29, 0.717) is 5.56 Å². The van der Waals surface area contributed by atoms with E-state index < -0.39 is 42.2 Å². The molecule has 3 aromatic rings. The van der Waals surface area contributed by atoms with Gasteiger partial charge in [0.15, 0.2) is 15.2 Å². The maximum atomic E-state index is 14.0. The topological polar surface area (TPSA) is 91.8 Å². The summed E-state index contributed by atoms with van der Waals surface area (Å²) in [6.45, 7) is 0.250. The van der Waals surface area contributed by atoms with Gasteiger partial charge in [-0.1, -0.05) is 66.7 Å². The van der Waals surface area contributed by atoms with Gasteiger partial charge in [-0.15, -0.1) is 0 Å². The Hall–Kier alpha value is -3.01. The van der Waals surface area contributed by atoms with Gasteiger partial charge >= 0.3 is 0 Å². The zero-order valence-corrected chi connectivity index (χ0v) is 19.2. The van der Waals surface area contributed by atoms with Crippen LogP contribution in [0.5, 0.6) is 0 Å².